The molecular formula is C18H21NO3S2. The zero-order valence-electron chi connectivity index (χ0n) is 13.6. The number of thiophene rings is 1. The minimum absolute atomic E-state index is 0.0539. The van der Waals surface area contributed by atoms with Gasteiger partial charge in [0.2, 0.25) is 5.91 Å². The number of carbonyl (C=O) groups is 1. The Morgan fingerprint density at radius 1 is 1.29 bits per heavy atom. The van der Waals surface area contributed by atoms with Crippen LogP contribution in [0.5, 0.6) is 0 Å². The van der Waals surface area contributed by atoms with Crippen molar-refractivity contribution in [1.29, 1.82) is 0 Å². The van der Waals surface area contributed by atoms with Gasteiger partial charge in [0.1, 0.15) is 0 Å². The fourth-order valence-corrected chi connectivity index (χ4v) is 5.43. The molecule has 1 aromatic heterocycles. The van der Waals surface area contributed by atoms with E-state index in [9.17, 15) is 13.2 Å². The first kappa shape index (κ1) is 17.2. The molecule has 128 valence electrons. The normalized spacial score (nSPS) is 20.6. The van der Waals surface area contributed by atoms with E-state index in [4.69, 9.17) is 0 Å². The molecule has 6 heteroatoms. The number of sulfone groups is 1. The number of nitrogens with one attached hydrogen (secondary N) is 1. The van der Waals surface area contributed by atoms with E-state index in [1.54, 1.807) is 11.3 Å². The summed E-state index contributed by atoms with van der Waals surface area (Å²) in [6, 6.07) is 11.7. The molecule has 24 heavy (non-hydrogen) atoms. The summed E-state index contributed by atoms with van der Waals surface area (Å²) in [7, 11) is -3.00. The van der Waals surface area contributed by atoms with Crippen LogP contribution in [0.15, 0.2) is 41.8 Å². The SMILES string of the molecule is Cc1ccc(C(Cc2cccs2)C(=O)NC2CCS(=O)(=O)C2)cc1. The van der Waals surface area contributed by atoms with Crippen molar-refractivity contribution < 1.29 is 13.2 Å². The van der Waals surface area contributed by atoms with Crippen LogP contribution < -0.4 is 5.32 Å². The molecule has 0 bridgehead atoms. The predicted molar refractivity (Wildman–Crippen MR) is 97.1 cm³/mol. The van der Waals surface area contributed by atoms with Crippen LogP contribution in [0, 0.1) is 6.92 Å². The van der Waals surface area contributed by atoms with E-state index in [0.717, 1.165) is 16.0 Å². The lowest BCUT2D eigenvalue weighted by atomic mass is 9.93. The molecule has 0 aliphatic carbocycles. The number of benzene rings is 1. The van der Waals surface area contributed by atoms with Gasteiger partial charge in [0, 0.05) is 10.9 Å². The highest BCUT2D eigenvalue weighted by atomic mass is 32.2. The monoisotopic (exact) mass is 363 g/mol. The zero-order chi connectivity index (χ0) is 17.2. The minimum Gasteiger partial charge on any atom is -0.352 e. The lowest BCUT2D eigenvalue weighted by Gasteiger charge is -2.19. The van der Waals surface area contributed by atoms with Gasteiger partial charge in [-0.3, -0.25) is 4.79 Å². The molecule has 0 saturated carbocycles. The molecule has 1 amide bonds. The lowest BCUT2D eigenvalue weighted by molar-refractivity contribution is -0.123. The highest BCUT2D eigenvalue weighted by molar-refractivity contribution is 7.91. The maximum Gasteiger partial charge on any atom is 0.228 e. The molecule has 0 radical (unpaired) electrons. The van der Waals surface area contributed by atoms with Crippen LogP contribution >= 0.6 is 11.3 Å². The van der Waals surface area contributed by atoms with Gasteiger partial charge in [-0.25, -0.2) is 8.42 Å². The second-order valence-corrected chi connectivity index (χ2v) is 9.62. The topological polar surface area (TPSA) is 63.2 Å². The highest BCUT2D eigenvalue weighted by Gasteiger charge is 2.31. The number of rotatable bonds is 5. The summed E-state index contributed by atoms with van der Waals surface area (Å²) >= 11 is 1.63. The van der Waals surface area contributed by atoms with E-state index in [0.29, 0.717) is 12.8 Å². The smallest absolute Gasteiger partial charge is 0.228 e. The maximum atomic E-state index is 12.8. The Kier molecular flexibility index (Phi) is 5.06. The first-order valence-corrected chi connectivity index (χ1v) is 10.7. The molecule has 2 atom stereocenters. The predicted octanol–water partition coefficient (Wildman–Crippen LogP) is 2.69. The van der Waals surface area contributed by atoms with Gasteiger partial charge in [-0.2, -0.15) is 0 Å². The summed E-state index contributed by atoms with van der Waals surface area (Å²) in [5.74, 6) is -0.168. The molecule has 1 aliphatic rings. The van der Waals surface area contributed by atoms with Gasteiger partial charge in [-0.15, -0.1) is 11.3 Å². The van der Waals surface area contributed by atoms with Crippen LogP contribution in [-0.2, 0) is 21.1 Å². The number of amides is 1. The summed E-state index contributed by atoms with van der Waals surface area (Å²) in [5.41, 5.74) is 2.11. The van der Waals surface area contributed by atoms with Crippen LogP contribution in [0.3, 0.4) is 0 Å². The van der Waals surface area contributed by atoms with Crippen molar-refractivity contribution in [2.24, 2.45) is 0 Å². The van der Waals surface area contributed by atoms with Crippen molar-refractivity contribution in [1.82, 2.24) is 5.32 Å². The second kappa shape index (κ2) is 7.07. The Labute approximate surface area is 146 Å². The number of hydrogen-bond donors (Lipinski definition) is 1. The molecule has 2 heterocycles. The molecule has 4 nitrogen and oxygen atoms in total. The van der Waals surface area contributed by atoms with Crippen molar-refractivity contribution in [3.63, 3.8) is 0 Å². The van der Waals surface area contributed by atoms with Gasteiger partial charge < -0.3 is 5.32 Å². The first-order valence-electron chi connectivity index (χ1n) is 8.03. The van der Waals surface area contributed by atoms with E-state index in [1.807, 2.05) is 48.7 Å². The van der Waals surface area contributed by atoms with Gasteiger partial charge >= 0.3 is 0 Å². The van der Waals surface area contributed by atoms with Crippen molar-refractivity contribution in [3.8, 4) is 0 Å². The number of aryl methyl sites for hydroxylation is 1. The molecular weight excluding hydrogens is 342 g/mol. The average molecular weight is 364 g/mol. The summed E-state index contributed by atoms with van der Waals surface area (Å²) in [5, 5.41) is 4.95. The molecule has 2 aromatic rings. The van der Waals surface area contributed by atoms with Gasteiger partial charge in [0.25, 0.3) is 0 Å². The Morgan fingerprint density at radius 3 is 2.62 bits per heavy atom. The Balaban J connectivity index is 1.78. The Bertz CT molecular complexity index is 795. The zero-order valence-corrected chi connectivity index (χ0v) is 15.2. The standard InChI is InChI=1S/C18H21NO3S2/c1-13-4-6-14(7-5-13)17(11-16-3-2-9-23-16)18(20)19-15-8-10-24(21,22)12-15/h2-7,9,15,17H,8,10-12H2,1H3,(H,19,20). The summed E-state index contributed by atoms with van der Waals surface area (Å²) in [6.45, 7) is 2.02. The summed E-state index contributed by atoms with van der Waals surface area (Å²) < 4.78 is 23.2. The second-order valence-electron chi connectivity index (χ2n) is 6.36. The van der Waals surface area contributed by atoms with Crippen molar-refractivity contribution >= 4 is 27.1 Å². The van der Waals surface area contributed by atoms with Crippen molar-refractivity contribution in [3.05, 3.63) is 57.8 Å². The van der Waals surface area contributed by atoms with Gasteiger partial charge in [-0.05, 0) is 36.8 Å². The third-order valence-electron chi connectivity index (χ3n) is 4.36. The molecule has 1 saturated heterocycles. The maximum absolute atomic E-state index is 12.8. The number of hydrogen-bond acceptors (Lipinski definition) is 4. The van der Waals surface area contributed by atoms with Crippen LogP contribution in [0.1, 0.15) is 28.3 Å². The van der Waals surface area contributed by atoms with Crippen LogP contribution in [-0.4, -0.2) is 31.9 Å². The average Bonchev–Trinajstić information content (AvgIpc) is 3.15. The van der Waals surface area contributed by atoms with Crippen molar-refractivity contribution in [2.75, 3.05) is 11.5 Å². The molecule has 1 aliphatic heterocycles. The molecule has 2 unspecified atom stereocenters. The fraction of sp³-hybridized carbons (Fsp3) is 0.389. The molecule has 3 rings (SSSR count). The Morgan fingerprint density at radius 2 is 2.04 bits per heavy atom. The van der Waals surface area contributed by atoms with Gasteiger partial charge in [-0.1, -0.05) is 35.9 Å². The molecule has 0 spiro atoms. The largest absolute Gasteiger partial charge is 0.352 e. The highest BCUT2D eigenvalue weighted by Crippen LogP contribution is 2.25. The molecule has 1 fully saturated rings. The Hall–Kier alpha value is -1.66. The van der Waals surface area contributed by atoms with Crippen LogP contribution in [0.4, 0.5) is 0 Å². The quantitative estimate of drug-likeness (QED) is 0.888. The molecule has 1 N–H and O–H groups in total. The first-order chi connectivity index (χ1) is 11.4. The van der Waals surface area contributed by atoms with Crippen LogP contribution in [0.25, 0.3) is 0 Å². The van der Waals surface area contributed by atoms with Crippen molar-refractivity contribution in [2.45, 2.75) is 31.7 Å². The minimum atomic E-state index is -3.00. The third-order valence-corrected chi connectivity index (χ3v) is 7.03. The number of carbonyl (C=O) groups excluding carboxylic acids is 1. The van der Waals surface area contributed by atoms with E-state index < -0.39 is 9.84 Å². The fourth-order valence-electron chi connectivity index (χ4n) is 3.00. The van der Waals surface area contributed by atoms with Gasteiger partial charge in [0.15, 0.2) is 9.84 Å². The summed E-state index contributed by atoms with van der Waals surface area (Å²) in [6.07, 6.45) is 1.14. The van der Waals surface area contributed by atoms with E-state index >= 15 is 0 Å². The van der Waals surface area contributed by atoms with E-state index in [1.165, 1.54) is 0 Å². The van der Waals surface area contributed by atoms with Crippen LogP contribution in [0.2, 0.25) is 0 Å². The molecule has 1 aromatic carbocycles. The third kappa shape index (κ3) is 4.24. The van der Waals surface area contributed by atoms with Gasteiger partial charge in [0.05, 0.1) is 17.4 Å². The van der Waals surface area contributed by atoms with E-state index in [-0.39, 0.29) is 29.4 Å². The lowest BCUT2D eigenvalue weighted by Crippen LogP contribution is -2.39. The summed E-state index contributed by atoms with van der Waals surface area (Å²) in [4.78, 5) is 14.0. The van der Waals surface area contributed by atoms with E-state index in [2.05, 4.69) is 5.32 Å².